The molecule has 0 aliphatic rings. The van der Waals surface area contributed by atoms with E-state index in [0.29, 0.717) is 11.3 Å². The van der Waals surface area contributed by atoms with Crippen molar-refractivity contribution < 1.29 is 22.8 Å². The number of alkyl halides is 3. The summed E-state index contributed by atoms with van der Waals surface area (Å²) >= 11 is 0. The Labute approximate surface area is 169 Å². The van der Waals surface area contributed by atoms with Gasteiger partial charge in [0.2, 0.25) is 5.43 Å². The molecule has 0 unspecified atom stereocenters. The fourth-order valence-corrected chi connectivity index (χ4v) is 2.83. The lowest BCUT2D eigenvalue weighted by Gasteiger charge is -2.16. The summed E-state index contributed by atoms with van der Waals surface area (Å²) in [5.74, 6) is -1.03. The Kier molecular flexibility index (Phi) is 5.55. The number of rotatable bonds is 4. The van der Waals surface area contributed by atoms with Crippen molar-refractivity contribution in [1.29, 1.82) is 0 Å². The molecule has 0 aliphatic heterocycles. The summed E-state index contributed by atoms with van der Waals surface area (Å²) in [5.41, 5.74) is -1.67. The maximum atomic E-state index is 13.4. The second-order valence-corrected chi connectivity index (χ2v) is 6.51. The molecule has 0 saturated carbocycles. The Balaban J connectivity index is 2.01. The lowest BCUT2D eigenvalue weighted by atomic mass is 10.1. The molecule has 1 heterocycles. The predicted octanol–water partition coefficient (Wildman–Crippen LogP) is 4.01. The number of aromatic nitrogens is 2. The number of hydrogen-bond acceptors (Lipinski definition) is 4. The number of hydrogen-bond donors (Lipinski definition) is 1. The van der Waals surface area contributed by atoms with Crippen LogP contribution in [0.1, 0.15) is 39.0 Å². The fourth-order valence-electron chi connectivity index (χ4n) is 2.83. The zero-order chi connectivity index (χ0) is 22.1. The number of halogens is 3. The first-order valence-electron chi connectivity index (χ1n) is 8.78. The molecule has 3 aromatic rings. The molecule has 9 heteroatoms. The number of anilines is 1. The molecule has 0 saturated heterocycles. The molecule has 0 fully saturated rings. The van der Waals surface area contributed by atoms with Gasteiger partial charge in [0.15, 0.2) is 11.5 Å². The lowest BCUT2D eigenvalue weighted by Crippen LogP contribution is -2.27. The molecule has 30 heavy (non-hydrogen) atoms. The molecule has 1 N–H and O–H groups in total. The Morgan fingerprint density at radius 1 is 1.03 bits per heavy atom. The maximum absolute atomic E-state index is 13.4. The van der Waals surface area contributed by atoms with Gasteiger partial charge in [0.25, 0.3) is 5.91 Å². The number of carbonyl (C=O) groups is 2. The molecular formula is C21H16F3N3O3. The number of nitrogens with one attached hydrogen (secondary N) is 1. The normalized spacial score (nSPS) is 11.2. The smallest absolute Gasteiger partial charge is 0.320 e. The summed E-state index contributed by atoms with van der Waals surface area (Å²) in [4.78, 5) is 36.2. The van der Waals surface area contributed by atoms with Gasteiger partial charge in [-0.3, -0.25) is 14.4 Å². The van der Waals surface area contributed by atoms with Gasteiger partial charge in [0, 0.05) is 23.0 Å². The van der Waals surface area contributed by atoms with Crippen LogP contribution >= 0.6 is 0 Å². The summed E-state index contributed by atoms with van der Waals surface area (Å²) < 4.78 is 41.0. The van der Waals surface area contributed by atoms with Gasteiger partial charge in [-0.1, -0.05) is 12.1 Å². The van der Waals surface area contributed by atoms with E-state index in [4.69, 9.17) is 0 Å². The molecule has 0 spiro atoms. The van der Waals surface area contributed by atoms with Crippen LogP contribution in [0.5, 0.6) is 0 Å². The molecular weight excluding hydrogens is 399 g/mol. The van der Waals surface area contributed by atoms with Crippen LogP contribution in [0.4, 0.5) is 18.9 Å². The SMILES string of the molecule is CC(=O)c1ccc(NC(=O)c2nn(-c3ccccc3C(F)(F)F)c(C)cc2=O)cc1. The van der Waals surface area contributed by atoms with Crippen molar-refractivity contribution in [3.63, 3.8) is 0 Å². The molecule has 3 rings (SSSR count). The highest BCUT2D eigenvalue weighted by atomic mass is 19.4. The molecule has 1 aromatic heterocycles. The number of ketones is 1. The van der Waals surface area contributed by atoms with E-state index >= 15 is 0 Å². The van der Waals surface area contributed by atoms with Gasteiger partial charge in [0.05, 0.1) is 11.3 Å². The van der Waals surface area contributed by atoms with E-state index in [1.165, 1.54) is 56.3 Å². The summed E-state index contributed by atoms with van der Waals surface area (Å²) in [6, 6.07) is 11.7. The zero-order valence-corrected chi connectivity index (χ0v) is 15.9. The number of Topliss-reactive ketones (excluding diaryl/α,β-unsaturated/α-hetero) is 1. The Morgan fingerprint density at radius 3 is 2.27 bits per heavy atom. The van der Waals surface area contributed by atoms with Crippen molar-refractivity contribution in [3.05, 3.63) is 87.3 Å². The summed E-state index contributed by atoms with van der Waals surface area (Å²) in [6.07, 6.45) is -4.64. The topological polar surface area (TPSA) is 81.1 Å². The molecule has 154 valence electrons. The van der Waals surface area contributed by atoms with E-state index in [1.54, 1.807) is 0 Å². The molecule has 2 aromatic carbocycles. The minimum atomic E-state index is -4.64. The van der Waals surface area contributed by atoms with Crippen LogP contribution < -0.4 is 10.7 Å². The third-order valence-electron chi connectivity index (χ3n) is 4.31. The third-order valence-corrected chi connectivity index (χ3v) is 4.31. The van der Waals surface area contributed by atoms with Gasteiger partial charge in [-0.2, -0.15) is 18.3 Å². The predicted molar refractivity (Wildman–Crippen MR) is 104 cm³/mol. The minimum absolute atomic E-state index is 0.138. The van der Waals surface area contributed by atoms with Gasteiger partial charge >= 0.3 is 6.18 Å². The summed E-state index contributed by atoms with van der Waals surface area (Å²) in [7, 11) is 0. The lowest BCUT2D eigenvalue weighted by molar-refractivity contribution is -0.137. The average Bonchev–Trinajstić information content (AvgIpc) is 2.67. The van der Waals surface area contributed by atoms with E-state index in [0.717, 1.165) is 16.8 Å². The van der Waals surface area contributed by atoms with Gasteiger partial charge in [0.1, 0.15) is 0 Å². The largest absolute Gasteiger partial charge is 0.418 e. The summed E-state index contributed by atoms with van der Waals surface area (Å²) in [6.45, 7) is 2.81. The van der Waals surface area contributed by atoms with Crippen molar-refractivity contribution in [3.8, 4) is 5.69 Å². The van der Waals surface area contributed by atoms with E-state index in [-0.39, 0.29) is 17.2 Å². The Hall–Kier alpha value is -3.75. The van der Waals surface area contributed by atoms with Crippen LogP contribution in [0.2, 0.25) is 0 Å². The van der Waals surface area contributed by atoms with Crippen molar-refractivity contribution in [1.82, 2.24) is 9.78 Å². The third kappa shape index (κ3) is 4.29. The minimum Gasteiger partial charge on any atom is -0.320 e. The summed E-state index contributed by atoms with van der Waals surface area (Å²) in [5, 5.41) is 6.36. The molecule has 0 bridgehead atoms. The van der Waals surface area contributed by atoms with Gasteiger partial charge in [-0.15, -0.1) is 0 Å². The first kappa shape index (κ1) is 21.0. The zero-order valence-electron chi connectivity index (χ0n) is 15.9. The van der Waals surface area contributed by atoms with Gasteiger partial charge < -0.3 is 5.32 Å². The van der Waals surface area contributed by atoms with Crippen LogP contribution in [0.15, 0.2) is 59.4 Å². The Morgan fingerprint density at radius 2 is 1.67 bits per heavy atom. The molecule has 0 atom stereocenters. The van der Waals surface area contributed by atoms with Crippen LogP contribution in [-0.2, 0) is 6.18 Å². The monoisotopic (exact) mass is 415 g/mol. The fraction of sp³-hybridized carbons (Fsp3) is 0.143. The van der Waals surface area contributed by atoms with E-state index < -0.39 is 28.8 Å². The number of benzene rings is 2. The second-order valence-electron chi connectivity index (χ2n) is 6.51. The second kappa shape index (κ2) is 7.94. The van der Waals surface area contributed by atoms with Crippen LogP contribution in [0, 0.1) is 6.92 Å². The number of nitrogens with zero attached hydrogens (tertiary/aromatic N) is 2. The molecule has 0 radical (unpaired) electrons. The number of aryl methyl sites for hydroxylation is 1. The maximum Gasteiger partial charge on any atom is 0.418 e. The van der Waals surface area contributed by atoms with Crippen molar-refractivity contribution in [2.45, 2.75) is 20.0 Å². The Bertz CT molecular complexity index is 1180. The number of para-hydroxylation sites is 1. The van der Waals surface area contributed by atoms with Crippen molar-refractivity contribution >= 4 is 17.4 Å². The van der Waals surface area contributed by atoms with Crippen LogP contribution in [-0.4, -0.2) is 21.5 Å². The van der Waals surface area contributed by atoms with Gasteiger partial charge in [-0.25, -0.2) is 4.68 Å². The van der Waals surface area contributed by atoms with E-state index in [9.17, 15) is 27.6 Å². The first-order chi connectivity index (χ1) is 14.1. The molecule has 0 aliphatic carbocycles. The standard InChI is InChI=1S/C21H16F3N3O3/c1-12-11-18(29)19(20(30)25-15-9-7-14(8-10-15)13(2)28)26-27(12)17-6-4-3-5-16(17)21(22,23)24/h3-11H,1-2H3,(H,25,30). The molecule has 1 amide bonds. The van der Waals surface area contributed by atoms with Crippen molar-refractivity contribution in [2.75, 3.05) is 5.32 Å². The highest BCUT2D eigenvalue weighted by molar-refractivity contribution is 6.03. The molecule has 6 nitrogen and oxygen atoms in total. The average molecular weight is 415 g/mol. The van der Waals surface area contributed by atoms with Crippen LogP contribution in [0.3, 0.4) is 0 Å². The van der Waals surface area contributed by atoms with E-state index in [1.807, 2.05) is 0 Å². The van der Waals surface area contributed by atoms with E-state index in [2.05, 4.69) is 10.4 Å². The number of carbonyl (C=O) groups excluding carboxylic acids is 2. The quantitative estimate of drug-likeness (QED) is 0.653. The first-order valence-corrected chi connectivity index (χ1v) is 8.78. The highest BCUT2D eigenvalue weighted by Gasteiger charge is 2.34. The highest BCUT2D eigenvalue weighted by Crippen LogP contribution is 2.33. The number of amides is 1. The van der Waals surface area contributed by atoms with Crippen LogP contribution in [0.25, 0.3) is 5.69 Å². The van der Waals surface area contributed by atoms with Gasteiger partial charge in [-0.05, 0) is 50.2 Å². The van der Waals surface area contributed by atoms with Crippen molar-refractivity contribution in [2.24, 2.45) is 0 Å².